The van der Waals surface area contributed by atoms with Crippen LogP contribution in [0, 0.1) is 17.1 Å². The van der Waals surface area contributed by atoms with Crippen LogP contribution in [0.1, 0.15) is 29.8 Å². The number of fused-ring (bicyclic) bond motifs is 1. The fourth-order valence-electron chi connectivity index (χ4n) is 2.84. The highest BCUT2D eigenvalue weighted by atomic mass is 19.1. The van der Waals surface area contributed by atoms with Crippen molar-refractivity contribution in [3.63, 3.8) is 0 Å². The zero-order chi connectivity index (χ0) is 16.3. The number of halogens is 1. The van der Waals surface area contributed by atoms with Crippen LogP contribution in [0.4, 0.5) is 4.39 Å². The van der Waals surface area contributed by atoms with Crippen LogP contribution in [-0.4, -0.2) is 36.7 Å². The van der Waals surface area contributed by atoms with Crippen LogP contribution in [-0.2, 0) is 6.42 Å². The van der Waals surface area contributed by atoms with Crippen LogP contribution >= 0.6 is 0 Å². The largest absolute Gasteiger partial charge is 0.394 e. The number of carbonyl (C=O) groups excluding carboxylic acids is 1. The van der Waals surface area contributed by atoms with E-state index < -0.39 is 5.82 Å². The van der Waals surface area contributed by atoms with Gasteiger partial charge in [-0.1, -0.05) is 19.9 Å². The predicted octanol–water partition coefficient (Wildman–Crippen LogP) is 2.60. The monoisotopic (exact) mass is 303 g/mol. The van der Waals surface area contributed by atoms with Crippen LogP contribution in [0.3, 0.4) is 0 Å². The van der Waals surface area contributed by atoms with Crippen LogP contribution in [0.15, 0.2) is 30.0 Å². The van der Waals surface area contributed by atoms with Gasteiger partial charge in [-0.05, 0) is 30.0 Å². The van der Waals surface area contributed by atoms with Gasteiger partial charge in [0, 0.05) is 37.1 Å². The number of hydrogen-bond acceptors (Lipinski definition) is 3. The normalized spacial score (nSPS) is 18.4. The molecule has 1 amide bonds. The summed E-state index contributed by atoms with van der Waals surface area (Å²) in [7, 11) is 1.77. The number of carbonyl (C=O) groups is 1. The second kappa shape index (κ2) is 6.73. The van der Waals surface area contributed by atoms with Gasteiger partial charge in [-0.2, -0.15) is 0 Å². The lowest BCUT2D eigenvalue weighted by molar-refractivity contribution is 0.0660. The van der Waals surface area contributed by atoms with Crippen molar-refractivity contribution in [2.75, 3.05) is 13.6 Å². The summed E-state index contributed by atoms with van der Waals surface area (Å²) in [5.41, 5.74) is 2.01. The maximum Gasteiger partial charge on any atom is 0.254 e. The van der Waals surface area contributed by atoms with Gasteiger partial charge in [-0.15, -0.1) is 0 Å². The Bertz CT molecular complexity index is 610. The Kier molecular flexibility index (Phi) is 4.96. The molecule has 0 fully saturated rings. The quantitative estimate of drug-likeness (QED) is 0.822. The predicted molar refractivity (Wildman–Crippen MR) is 85.7 cm³/mol. The molecule has 2 rings (SSSR count). The van der Waals surface area contributed by atoms with Crippen molar-refractivity contribution in [1.29, 1.82) is 5.41 Å². The minimum Gasteiger partial charge on any atom is -0.394 e. The smallest absolute Gasteiger partial charge is 0.254 e. The molecule has 0 bridgehead atoms. The zero-order valence-corrected chi connectivity index (χ0v) is 13.2. The Morgan fingerprint density at radius 2 is 2.27 bits per heavy atom. The number of benzene rings is 1. The third kappa shape index (κ3) is 3.18. The molecule has 118 valence electrons. The molecule has 0 unspecified atom stereocenters. The highest BCUT2D eigenvalue weighted by molar-refractivity contribution is 5.98. The highest BCUT2D eigenvalue weighted by Gasteiger charge is 2.34. The lowest BCUT2D eigenvalue weighted by Gasteiger charge is -2.38. The number of hydrogen-bond donors (Lipinski definition) is 2. The third-order valence-electron chi connectivity index (χ3n) is 3.78. The Hall–Kier alpha value is -2.17. The first-order chi connectivity index (χ1) is 10.5. The average Bonchev–Trinajstić information content (AvgIpc) is 2.48. The zero-order valence-electron chi connectivity index (χ0n) is 13.2. The van der Waals surface area contributed by atoms with Crippen LogP contribution < -0.4 is 5.32 Å². The van der Waals surface area contributed by atoms with Gasteiger partial charge in [0.15, 0.2) is 0 Å². The van der Waals surface area contributed by atoms with Crippen molar-refractivity contribution in [2.24, 2.45) is 5.92 Å². The molecular formula is C17H22FN3O. The first-order valence-electron chi connectivity index (χ1n) is 7.45. The van der Waals surface area contributed by atoms with Gasteiger partial charge >= 0.3 is 0 Å². The Labute approximate surface area is 130 Å². The summed E-state index contributed by atoms with van der Waals surface area (Å²) in [4.78, 5) is 14.5. The summed E-state index contributed by atoms with van der Waals surface area (Å²) in [5, 5.41) is 10.6. The van der Waals surface area contributed by atoms with Gasteiger partial charge in [0.25, 0.3) is 5.91 Å². The summed E-state index contributed by atoms with van der Waals surface area (Å²) in [6, 6.07) is 4.17. The summed E-state index contributed by atoms with van der Waals surface area (Å²) >= 11 is 0. The first-order valence-corrected chi connectivity index (χ1v) is 7.45. The molecule has 1 heterocycles. The van der Waals surface area contributed by atoms with Crippen molar-refractivity contribution in [1.82, 2.24) is 10.2 Å². The molecule has 2 N–H and O–H groups in total. The van der Waals surface area contributed by atoms with E-state index in [-0.39, 0.29) is 11.9 Å². The molecule has 0 aromatic heterocycles. The van der Waals surface area contributed by atoms with Gasteiger partial charge in [-0.25, -0.2) is 4.39 Å². The molecule has 0 radical (unpaired) electrons. The van der Waals surface area contributed by atoms with Gasteiger partial charge in [0.2, 0.25) is 0 Å². The van der Waals surface area contributed by atoms with Crippen LogP contribution in [0.5, 0.6) is 0 Å². The highest BCUT2D eigenvalue weighted by Crippen LogP contribution is 2.28. The molecule has 1 aromatic carbocycles. The van der Waals surface area contributed by atoms with Crippen LogP contribution in [0.25, 0.3) is 0 Å². The lowest BCUT2D eigenvalue weighted by atomic mass is 9.89. The van der Waals surface area contributed by atoms with Gasteiger partial charge in [-0.3, -0.25) is 4.79 Å². The second-order valence-corrected chi connectivity index (χ2v) is 5.95. The Morgan fingerprint density at radius 1 is 1.55 bits per heavy atom. The summed E-state index contributed by atoms with van der Waals surface area (Å²) in [6.45, 7) is 4.66. The SMILES string of the molecule is CN/C=C(\C=N)[C@@H]1Cc2ccc(F)cc2C(=O)N1CC(C)C. The van der Waals surface area contributed by atoms with Crippen molar-refractivity contribution < 1.29 is 9.18 Å². The molecule has 1 atom stereocenters. The number of nitrogens with zero attached hydrogens (tertiary/aromatic N) is 1. The van der Waals surface area contributed by atoms with E-state index in [0.717, 1.165) is 11.1 Å². The van der Waals surface area contributed by atoms with Gasteiger partial charge in [0.05, 0.1) is 6.04 Å². The molecule has 0 spiro atoms. The summed E-state index contributed by atoms with van der Waals surface area (Å²) in [5.74, 6) is -0.264. The number of amides is 1. The van der Waals surface area contributed by atoms with E-state index in [0.29, 0.717) is 24.4 Å². The Morgan fingerprint density at radius 3 is 2.86 bits per heavy atom. The molecule has 0 saturated carbocycles. The maximum atomic E-state index is 13.5. The minimum atomic E-state index is -0.395. The van der Waals surface area contributed by atoms with E-state index in [1.165, 1.54) is 18.3 Å². The van der Waals surface area contributed by atoms with E-state index in [1.54, 1.807) is 24.2 Å². The minimum absolute atomic E-state index is 0.164. The van der Waals surface area contributed by atoms with Gasteiger partial charge in [0.1, 0.15) is 5.82 Å². The van der Waals surface area contributed by atoms with E-state index in [2.05, 4.69) is 5.32 Å². The van der Waals surface area contributed by atoms with Crippen molar-refractivity contribution in [3.05, 3.63) is 46.9 Å². The fourth-order valence-corrected chi connectivity index (χ4v) is 2.84. The van der Waals surface area contributed by atoms with Gasteiger partial charge < -0.3 is 15.6 Å². The van der Waals surface area contributed by atoms with E-state index in [4.69, 9.17) is 5.41 Å². The average molecular weight is 303 g/mol. The molecule has 0 saturated heterocycles. The first kappa shape index (κ1) is 16.2. The molecule has 1 aliphatic rings. The topological polar surface area (TPSA) is 56.2 Å². The van der Waals surface area contributed by atoms with Crippen molar-refractivity contribution >= 4 is 12.1 Å². The van der Waals surface area contributed by atoms with Crippen molar-refractivity contribution in [3.8, 4) is 0 Å². The Balaban J connectivity index is 2.48. The van der Waals surface area contributed by atoms with E-state index in [1.807, 2.05) is 13.8 Å². The maximum absolute atomic E-state index is 13.5. The molecule has 0 aliphatic carbocycles. The lowest BCUT2D eigenvalue weighted by Crippen LogP contribution is -2.48. The number of nitrogens with one attached hydrogen (secondary N) is 2. The van der Waals surface area contributed by atoms with Crippen LogP contribution in [0.2, 0.25) is 0 Å². The van der Waals surface area contributed by atoms with Crippen molar-refractivity contribution in [2.45, 2.75) is 26.3 Å². The molecule has 4 nitrogen and oxygen atoms in total. The summed E-state index contributed by atoms with van der Waals surface area (Å²) < 4.78 is 13.5. The molecule has 22 heavy (non-hydrogen) atoms. The fraction of sp³-hybridized carbons (Fsp3) is 0.412. The molecule has 1 aromatic rings. The standard InChI is InChI=1S/C17H22FN3O/c1-11(2)10-21-16(13(8-19)9-20-3)6-12-4-5-14(18)7-15(12)17(21)22/h4-5,7-9,11,16,19-20H,6,10H2,1-3H3/b13-9+,19-8?/t16-/m0/s1. The summed E-state index contributed by atoms with van der Waals surface area (Å²) in [6.07, 6.45) is 3.61. The molecule has 5 heteroatoms. The molecular weight excluding hydrogens is 281 g/mol. The second-order valence-electron chi connectivity index (χ2n) is 5.95. The van der Waals surface area contributed by atoms with E-state index in [9.17, 15) is 9.18 Å². The third-order valence-corrected chi connectivity index (χ3v) is 3.78. The van der Waals surface area contributed by atoms with E-state index >= 15 is 0 Å². The molecule has 1 aliphatic heterocycles. The number of rotatable bonds is 5.